The Kier molecular flexibility index (Phi) is 5.43. The number of nitrogens with zero attached hydrogens (tertiary/aromatic N) is 2. The second kappa shape index (κ2) is 8.51. The number of benzene rings is 1. The second-order valence-electron chi connectivity index (χ2n) is 10.7. The van der Waals surface area contributed by atoms with E-state index in [1.165, 1.54) is 28.4 Å². The minimum atomic E-state index is -0.844. The van der Waals surface area contributed by atoms with Gasteiger partial charge in [-0.3, -0.25) is 24.1 Å². The highest BCUT2D eigenvalue weighted by Crippen LogP contribution is 2.68. The van der Waals surface area contributed by atoms with Crippen LogP contribution in [0.4, 0.5) is 4.39 Å². The van der Waals surface area contributed by atoms with E-state index in [0.29, 0.717) is 26.3 Å². The largest absolute Gasteiger partial charge is 0.378 e. The third-order valence-electron chi connectivity index (χ3n) is 9.05. The molecule has 2 aromatic rings. The van der Waals surface area contributed by atoms with Gasteiger partial charge >= 0.3 is 4.87 Å². The highest BCUT2D eigenvalue weighted by Gasteiger charge is 2.70. The van der Waals surface area contributed by atoms with Crippen molar-refractivity contribution in [1.29, 1.82) is 0 Å². The molecule has 8 atom stereocenters. The van der Waals surface area contributed by atoms with Gasteiger partial charge in [0.05, 0.1) is 30.1 Å². The summed E-state index contributed by atoms with van der Waals surface area (Å²) >= 11 is 2.79. The molecule has 5 aliphatic rings. The molecule has 194 valence electrons. The molecule has 7 rings (SSSR count). The highest BCUT2D eigenvalue weighted by atomic mass is 32.2. The Morgan fingerprint density at radius 2 is 1.76 bits per heavy atom. The number of likely N-dealkylation sites (tertiary alicyclic amines) is 1. The molecule has 3 amide bonds. The quantitative estimate of drug-likeness (QED) is 0.597. The number of hydrogen-bond acceptors (Lipinski definition) is 7. The molecule has 2 bridgehead atoms. The first-order valence-corrected chi connectivity index (χ1v) is 14.4. The summed E-state index contributed by atoms with van der Waals surface area (Å²) in [4.78, 5) is 59.8. The zero-order valence-corrected chi connectivity index (χ0v) is 21.7. The summed E-state index contributed by atoms with van der Waals surface area (Å²) in [5.41, 5.74) is 0.918. The summed E-state index contributed by atoms with van der Waals surface area (Å²) in [5.74, 6) is -2.08. The van der Waals surface area contributed by atoms with E-state index >= 15 is 0 Å². The lowest BCUT2D eigenvalue weighted by Crippen LogP contribution is -2.52. The lowest BCUT2D eigenvalue weighted by atomic mass is 9.68. The zero-order valence-electron chi connectivity index (χ0n) is 20.1. The molecule has 8 unspecified atom stereocenters. The van der Waals surface area contributed by atoms with Crippen molar-refractivity contribution in [2.24, 2.45) is 29.6 Å². The number of thiazole rings is 1. The van der Waals surface area contributed by atoms with Crippen LogP contribution in [0.5, 0.6) is 0 Å². The number of morpholine rings is 1. The summed E-state index contributed by atoms with van der Waals surface area (Å²) in [6.45, 7) is 3.47. The van der Waals surface area contributed by atoms with Crippen molar-refractivity contribution < 1.29 is 23.5 Å². The number of amides is 3. The Labute approximate surface area is 220 Å². The number of ether oxygens (including phenoxy) is 1. The van der Waals surface area contributed by atoms with E-state index in [9.17, 15) is 23.6 Å². The van der Waals surface area contributed by atoms with E-state index in [1.807, 2.05) is 0 Å². The summed E-state index contributed by atoms with van der Waals surface area (Å²) in [5, 5.41) is 0.875. The molecule has 2 saturated heterocycles. The molecule has 1 aromatic carbocycles. The molecule has 1 N–H and O–H groups in total. The second-order valence-corrected chi connectivity index (χ2v) is 12.9. The van der Waals surface area contributed by atoms with E-state index in [4.69, 9.17) is 4.74 Å². The molecule has 8 nitrogen and oxygen atoms in total. The van der Waals surface area contributed by atoms with Gasteiger partial charge < -0.3 is 14.6 Å². The summed E-state index contributed by atoms with van der Waals surface area (Å²) < 4.78 is 19.1. The average Bonchev–Trinajstić information content (AvgIpc) is 3.63. The Morgan fingerprint density at radius 3 is 2.46 bits per heavy atom. The standard InChI is InChI=1S/C26H26FN3O5S2/c1-11(23(31)29-6-8-35-9-7-29)30-24(32)18-14-10-15(19(18)25(30)33)20-17(14)16(12-2-4-13(27)5-3-12)21-22(36-20)28-26(34)37-21/h2-5,11,14-20H,6-10H2,1H3,(H,28,34). The molecule has 2 aliphatic carbocycles. The van der Waals surface area contributed by atoms with Crippen molar-refractivity contribution in [3.63, 3.8) is 0 Å². The van der Waals surface area contributed by atoms with Crippen LogP contribution in [0.3, 0.4) is 0 Å². The maximum absolute atomic E-state index is 13.8. The van der Waals surface area contributed by atoms with Crippen molar-refractivity contribution in [2.75, 3.05) is 26.3 Å². The van der Waals surface area contributed by atoms with Gasteiger partial charge in [-0.25, -0.2) is 4.39 Å². The number of fused-ring (bicyclic) bond motifs is 9. The third kappa shape index (κ3) is 3.36. The van der Waals surface area contributed by atoms with Crippen LogP contribution in [-0.4, -0.2) is 70.1 Å². The number of aromatic amines is 1. The average molecular weight is 544 g/mol. The first kappa shape index (κ1) is 23.6. The van der Waals surface area contributed by atoms with E-state index in [1.54, 1.807) is 35.7 Å². The van der Waals surface area contributed by atoms with Crippen molar-refractivity contribution in [1.82, 2.24) is 14.8 Å². The van der Waals surface area contributed by atoms with Gasteiger partial charge in [-0.2, -0.15) is 0 Å². The predicted octanol–water partition coefficient (Wildman–Crippen LogP) is 2.30. The maximum Gasteiger partial charge on any atom is 0.305 e. The fourth-order valence-corrected chi connectivity index (χ4v) is 10.5. The molecule has 2 saturated carbocycles. The first-order valence-electron chi connectivity index (χ1n) is 12.7. The van der Waals surface area contributed by atoms with Crippen molar-refractivity contribution in [3.8, 4) is 0 Å². The van der Waals surface area contributed by atoms with Crippen LogP contribution in [0.25, 0.3) is 0 Å². The van der Waals surface area contributed by atoms with Crippen LogP contribution < -0.4 is 4.87 Å². The number of rotatable bonds is 3. The number of H-pyrrole nitrogens is 1. The number of aromatic nitrogens is 1. The third-order valence-corrected chi connectivity index (χ3v) is 11.6. The Morgan fingerprint density at radius 1 is 1.08 bits per heavy atom. The summed E-state index contributed by atoms with van der Waals surface area (Å²) in [7, 11) is 0. The number of nitrogens with one attached hydrogen (secondary N) is 1. The first-order chi connectivity index (χ1) is 17.8. The normalized spacial score (nSPS) is 34.9. The topological polar surface area (TPSA) is 99.8 Å². The molecule has 11 heteroatoms. The minimum Gasteiger partial charge on any atom is -0.378 e. The van der Waals surface area contributed by atoms with E-state index < -0.39 is 17.9 Å². The fraction of sp³-hybridized carbons (Fsp3) is 0.538. The summed E-state index contributed by atoms with van der Waals surface area (Å²) in [6, 6.07) is 5.55. The van der Waals surface area contributed by atoms with E-state index in [2.05, 4.69) is 4.98 Å². The van der Waals surface area contributed by atoms with Crippen LogP contribution >= 0.6 is 23.1 Å². The van der Waals surface area contributed by atoms with Gasteiger partial charge in [0, 0.05) is 29.1 Å². The molecular weight excluding hydrogens is 517 g/mol. The Hall–Kier alpha value is -2.50. The van der Waals surface area contributed by atoms with E-state index in [0.717, 1.165) is 21.9 Å². The SMILES string of the molecule is CC(C(=O)N1CCOCC1)N1C(=O)C2C3CC(C2C1=O)C1C(c2ccc(F)cc2)c2sc(=O)[nH]c2SC31. The number of imide groups is 1. The van der Waals surface area contributed by atoms with Crippen LogP contribution in [-0.2, 0) is 19.1 Å². The molecule has 1 aromatic heterocycles. The smallest absolute Gasteiger partial charge is 0.305 e. The molecule has 4 heterocycles. The number of thioether (sulfide) groups is 1. The molecule has 0 spiro atoms. The van der Waals surface area contributed by atoms with Gasteiger partial charge in [-0.05, 0) is 48.8 Å². The van der Waals surface area contributed by atoms with Crippen LogP contribution in [0.1, 0.15) is 29.7 Å². The molecule has 37 heavy (non-hydrogen) atoms. The van der Waals surface area contributed by atoms with Gasteiger partial charge in [-0.1, -0.05) is 23.5 Å². The van der Waals surface area contributed by atoms with Gasteiger partial charge in [0.25, 0.3) is 0 Å². The number of hydrogen-bond donors (Lipinski definition) is 1. The van der Waals surface area contributed by atoms with Gasteiger partial charge in [0.15, 0.2) is 0 Å². The van der Waals surface area contributed by atoms with E-state index in [-0.39, 0.29) is 57.3 Å². The number of carbonyl (C=O) groups is 3. The monoisotopic (exact) mass is 543 g/mol. The molecule has 3 aliphatic heterocycles. The maximum atomic E-state index is 13.8. The predicted molar refractivity (Wildman–Crippen MR) is 134 cm³/mol. The van der Waals surface area contributed by atoms with Crippen molar-refractivity contribution in [3.05, 3.63) is 50.2 Å². The van der Waals surface area contributed by atoms with Crippen molar-refractivity contribution in [2.45, 2.75) is 35.6 Å². The fourth-order valence-electron chi connectivity index (χ4n) is 7.62. The molecule has 4 fully saturated rings. The van der Waals surface area contributed by atoms with Gasteiger partial charge in [0.2, 0.25) is 17.7 Å². The Bertz CT molecular complexity index is 1350. The number of carbonyl (C=O) groups excluding carboxylic acids is 3. The lowest BCUT2D eigenvalue weighted by Gasteiger charge is -2.43. The molecular formula is C26H26FN3O5S2. The zero-order chi connectivity index (χ0) is 25.6. The highest BCUT2D eigenvalue weighted by molar-refractivity contribution is 8.00. The van der Waals surface area contributed by atoms with Gasteiger partial charge in [-0.15, -0.1) is 11.8 Å². The van der Waals surface area contributed by atoms with Crippen molar-refractivity contribution >= 4 is 40.8 Å². The Balaban J connectivity index is 1.24. The van der Waals surface area contributed by atoms with Crippen LogP contribution in [0, 0.1) is 35.4 Å². The molecule has 0 radical (unpaired) electrons. The van der Waals surface area contributed by atoms with Crippen LogP contribution in [0.2, 0.25) is 0 Å². The van der Waals surface area contributed by atoms with Gasteiger partial charge in [0.1, 0.15) is 11.9 Å². The number of halogens is 1. The lowest BCUT2D eigenvalue weighted by molar-refractivity contribution is -0.153. The minimum absolute atomic E-state index is 0.0170. The van der Waals surface area contributed by atoms with Crippen LogP contribution in [0.15, 0.2) is 34.1 Å². The summed E-state index contributed by atoms with van der Waals surface area (Å²) in [6.07, 6.45) is 0.769.